The predicted octanol–water partition coefficient (Wildman–Crippen LogP) is 0.672. The number of piperidine rings is 1. The molecule has 2 fully saturated rings. The molecule has 1 aromatic rings. The molecule has 2 saturated heterocycles. The zero-order valence-electron chi connectivity index (χ0n) is 14.4. The molecule has 1 aromatic carbocycles. The van der Waals surface area contributed by atoms with Crippen molar-refractivity contribution in [3.63, 3.8) is 0 Å². The van der Waals surface area contributed by atoms with Gasteiger partial charge in [0.15, 0.2) is 0 Å². The fraction of sp³-hybridized carbons (Fsp3) is 0.556. The molecule has 25 heavy (non-hydrogen) atoms. The smallest absolute Gasteiger partial charge is 0.236 e. The Balaban J connectivity index is 1.50. The summed E-state index contributed by atoms with van der Waals surface area (Å²) in [5.74, 6) is -0.596. The number of nitrogens with zero attached hydrogens (tertiary/aromatic N) is 3. The number of para-hydroxylation sites is 1. The van der Waals surface area contributed by atoms with Gasteiger partial charge >= 0.3 is 0 Å². The van der Waals surface area contributed by atoms with E-state index in [1.54, 1.807) is 12.1 Å². The van der Waals surface area contributed by atoms with Crippen molar-refractivity contribution in [2.45, 2.75) is 12.8 Å². The van der Waals surface area contributed by atoms with Gasteiger partial charge in [-0.2, -0.15) is 0 Å². The van der Waals surface area contributed by atoms with Crippen LogP contribution in [0.5, 0.6) is 0 Å². The van der Waals surface area contributed by atoms with Crippen molar-refractivity contribution < 1.29 is 14.0 Å². The standard InChI is InChI=1S/C18H25FN4O2/c19-15-5-1-2-6-16(15)22-8-10-23(11-9-22)17(24)13-21-7-3-4-14(12-21)18(20)25/h1-2,5-6,14H,3-4,7-13H2,(H2,20,25)/t14-/m0/s1. The molecule has 0 spiro atoms. The van der Waals surface area contributed by atoms with Gasteiger partial charge in [0.05, 0.1) is 18.2 Å². The minimum absolute atomic E-state index is 0.0679. The van der Waals surface area contributed by atoms with Gasteiger partial charge < -0.3 is 15.5 Å². The van der Waals surface area contributed by atoms with E-state index in [1.807, 2.05) is 20.8 Å². The highest BCUT2D eigenvalue weighted by molar-refractivity contribution is 5.79. The predicted molar refractivity (Wildman–Crippen MR) is 93.6 cm³/mol. The van der Waals surface area contributed by atoms with Gasteiger partial charge in [-0.25, -0.2) is 4.39 Å². The minimum Gasteiger partial charge on any atom is -0.369 e. The molecule has 2 amide bonds. The van der Waals surface area contributed by atoms with E-state index < -0.39 is 0 Å². The third kappa shape index (κ3) is 4.28. The molecule has 2 aliphatic heterocycles. The summed E-state index contributed by atoms with van der Waals surface area (Å²) in [5, 5.41) is 0. The minimum atomic E-state index is -0.282. The Morgan fingerprint density at radius 1 is 1.12 bits per heavy atom. The lowest BCUT2D eigenvalue weighted by molar-refractivity contribution is -0.134. The molecule has 2 N–H and O–H groups in total. The number of carbonyl (C=O) groups excluding carboxylic acids is 2. The molecule has 6 nitrogen and oxygen atoms in total. The number of likely N-dealkylation sites (tertiary alicyclic amines) is 1. The molecule has 7 heteroatoms. The summed E-state index contributed by atoms with van der Waals surface area (Å²) in [5.41, 5.74) is 5.98. The van der Waals surface area contributed by atoms with Gasteiger partial charge in [-0.3, -0.25) is 14.5 Å². The van der Waals surface area contributed by atoms with Gasteiger partial charge in [0.1, 0.15) is 5.82 Å². The number of carbonyl (C=O) groups is 2. The van der Waals surface area contributed by atoms with Crippen LogP contribution in [0.25, 0.3) is 0 Å². The number of primary amides is 1. The summed E-state index contributed by atoms with van der Waals surface area (Å²) in [6.07, 6.45) is 1.70. The van der Waals surface area contributed by atoms with Gasteiger partial charge in [-0.1, -0.05) is 12.1 Å². The highest BCUT2D eigenvalue weighted by Gasteiger charge is 2.28. The molecule has 0 bridgehead atoms. The normalized spacial score (nSPS) is 22.0. The molecule has 3 rings (SSSR count). The molecule has 0 unspecified atom stereocenters. The third-order valence-corrected chi connectivity index (χ3v) is 5.09. The van der Waals surface area contributed by atoms with E-state index in [9.17, 15) is 14.0 Å². The maximum atomic E-state index is 13.9. The zero-order chi connectivity index (χ0) is 17.8. The summed E-state index contributed by atoms with van der Waals surface area (Å²) in [6, 6.07) is 6.72. The average molecular weight is 348 g/mol. The Kier molecular flexibility index (Phi) is 5.53. The number of hydrogen-bond donors (Lipinski definition) is 1. The van der Waals surface area contributed by atoms with Crippen LogP contribution in [0, 0.1) is 11.7 Å². The van der Waals surface area contributed by atoms with Gasteiger partial charge in [-0.05, 0) is 31.5 Å². The van der Waals surface area contributed by atoms with Gasteiger partial charge in [0.25, 0.3) is 0 Å². The van der Waals surface area contributed by atoms with E-state index in [0.29, 0.717) is 45.0 Å². The largest absolute Gasteiger partial charge is 0.369 e. The van der Waals surface area contributed by atoms with Crippen LogP contribution in [0.15, 0.2) is 24.3 Å². The summed E-state index contributed by atoms with van der Waals surface area (Å²) < 4.78 is 13.9. The lowest BCUT2D eigenvalue weighted by Crippen LogP contribution is -2.52. The Morgan fingerprint density at radius 3 is 2.52 bits per heavy atom. The van der Waals surface area contributed by atoms with Crippen molar-refractivity contribution in [2.24, 2.45) is 11.7 Å². The molecule has 0 aromatic heterocycles. The molecule has 1 atom stereocenters. The molecular weight excluding hydrogens is 323 g/mol. The second kappa shape index (κ2) is 7.82. The second-order valence-corrected chi connectivity index (χ2v) is 6.80. The number of rotatable bonds is 4. The molecule has 0 aliphatic carbocycles. The van der Waals surface area contributed by atoms with E-state index in [4.69, 9.17) is 5.73 Å². The van der Waals surface area contributed by atoms with Crippen molar-refractivity contribution in [1.29, 1.82) is 0 Å². The van der Waals surface area contributed by atoms with E-state index >= 15 is 0 Å². The Labute approximate surface area is 147 Å². The third-order valence-electron chi connectivity index (χ3n) is 5.09. The maximum Gasteiger partial charge on any atom is 0.236 e. The number of benzene rings is 1. The van der Waals surface area contributed by atoms with Crippen molar-refractivity contribution >= 4 is 17.5 Å². The van der Waals surface area contributed by atoms with Crippen molar-refractivity contribution in [1.82, 2.24) is 9.80 Å². The van der Waals surface area contributed by atoms with Crippen LogP contribution in [-0.2, 0) is 9.59 Å². The average Bonchev–Trinajstić information content (AvgIpc) is 2.62. The zero-order valence-corrected chi connectivity index (χ0v) is 14.4. The Morgan fingerprint density at radius 2 is 1.84 bits per heavy atom. The number of piperazine rings is 1. The summed E-state index contributed by atoms with van der Waals surface area (Å²) in [4.78, 5) is 29.7. The number of amides is 2. The first-order valence-electron chi connectivity index (χ1n) is 8.83. The van der Waals surface area contributed by atoms with Crippen LogP contribution in [0.4, 0.5) is 10.1 Å². The lowest BCUT2D eigenvalue weighted by atomic mass is 9.97. The van der Waals surface area contributed by atoms with E-state index in [0.717, 1.165) is 19.4 Å². The molecular formula is C18H25FN4O2. The summed E-state index contributed by atoms with van der Waals surface area (Å²) in [6.45, 7) is 4.12. The van der Waals surface area contributed by atoms with Crippen LogP contribution in [0.3, 0.4) is 0 Å². The van der Waals surface area contributed by atoms with Crippen LogP contribution in [-0.4, -0.2) is 67.4 Å². The summed E-state index contributed by atoms with van der Waals surface area (Å²) in [7, 11) is 0. The molecule has 2 heterocycles. The molecule has 0 radical (unpaired) electrons. The van der Waals surface area contributed by atoms with Crippen LogP contribution < -0.4 is 10.6 Å². The molecule has 136 valence electrons. The highest BCUT2D eigenvalue weighted by Crippen LogP contribution is 2.20. The topological polar surface area (TPSA) is 69.9 Å². The quantitative estimate of drug-likeness (QED) is 0.868. The first-order chi connectivity index (χ1) is 12.0. The number of halogens is 1. The monoisotopic (exact) mass is 348 g/mol. The first kappa shape index (κ1) is 17.7. The second-order valence-electron chi connectivity index (χ2n) is 6.80. The van der Waals surface area contributed by atoms with Crippen LogP contribution in [0.2, 0.25) is 0 Å². The van der Waals surface area contributed by atoms with Crippen molar-refractivity contribution in [3.8, 4) is 0 Å². The lowest BCUT2D eigenvalue weighted by Gasteiger charge is -2.38. The SMILES string of the molecule is NC(=O)[C@H]1CCCN(CC(=O)N2CCN(c3ccccc3F)CC2)C1. The van der Waals surface area contributed by atoms with E-state index in [1.165, 1.54) is 6.07 Å². The van der Waals surface area contributed by atoms with Gasteiger partial charge in [0, 0.05) is 32.7 Å². The Hall–Kier alpha value is -2.15. The van der Waals surface area contributed by atoms with E-state index in [-0.39, 0.29) is 23.5 Å². The van der Waals surface area contributed by atoms with Crippen LogP contribution in [0.1, 0.15) is 12.8 Å². The molecule has 0 saturated carbocycles. The number of hydrogen-bond acceptors (Lipinski definition) is 4. The maximum absolute atomic E-state index is 13.9. The van der Waals surface area contributed by atoms with Crippen LogP contribution >= 0.6 is 0 Å². The van der Waals surface area contributed by atoms with E-state index in [2.05, 4.69) is 0 Å². The van der Waals surface area contributed by atoms with Gasteiger partial charge in [0.2, 0.25) is 11.8 Å². The molecule has 2 aliphatic rings. The fourth-order valence-electron chi connectivity index (χ4n) is 3.63. The highest BCUT2D eigenvalue weighted by atomic mass is 19.1. The number of nitrogens with two attached hydrogens (primary N) is 1. The number of anilines is 1. The van der Waals surface area contributed by atoms with Crippen molar-refractivity contribution in [2.75, 3.05) is 50.7 Å². The fourth-order valence-corrected chi connectivity index (χ4v) is 3.63. The van der Waals surface area contributed by atoms with Gasteiger partial charge in [-0.15, -0.1) is 0 Å². The Bertz CT molecular complexity index is 631. The summed E-state index contributed by atoms with van der Waals surface area (Å²) >= 11 is 0. The first-order valence-corrected chi connectivity index (χ1v) is 8.83. The van der Waals surface area contributed by atoms with Crippen molar-refractivity contribution in [3.05, 3.63) is 30.1 Å².